The third kappa shape index (κ3) is 4.69. The first-order chi connectivity index (χ1) is 11.4. The first-order valence-corrected chi connectivity index (χ1v) is 8.77. The molecule has 0 unspecified atom stereocenters. The van der Waals surface area contributed by atoms with Crippen molar-refractivity contribution in [2.24, 2.45) is 0 Å². The molecule has 0 aliphatic carbocycles. The van der Waals surface area contributed by atoms with Crippen LogP contribution in [-0.4, -0.2) is 20.9 Å². The number of hydrogen-bond donors (Lipinski definition) is 2. The van der Waals surface area contributed by atoms with Crippen molar-refractivity contribution in [2.45, 2.75) is 18.4 Å². The molecule has 0 aromatic heterocycles. The van der Waals surface area contributed by atoms with Crippen molar-refractivity contribution in [3.8, 4) is 12.3 Å². The van der Waals surface area contributed by atoms with Crippen molar-refractivity contribution in [1.29, 1.82) is 0 Å². The summed E-state index contributed by atoms with van der Waals surface area (Å²) in [7, 11) is -3.65. The smallest absolute Gasteiger partial charge is 0.251 e. The molecule has 2 N–H and O–H groups in total. The van der Waals surface area contributed by atoms with E-state index in [1.807, 2.05) is 31.2 Å². The first-order valence-electron chi connectivity index (χ1n) is 7.29. The van der Waals surface area contributed by atoms with Crippen LogP contribution in [0.5, 0.6) is 0 Å². The van der Waals surface area contributed by atoms with Gasteiger partial charge in [-0.15, -0.1) is 6.42 Å². The van der Waals surface area contributed by atoms with Gasteiger partial charge in [-0.05, 0) is 36.8 Å². The summed E-state index contributed by atoms with van der Waals surface area (Å²) in [6, 6.07) is 13.5. The maximum absolute atomic E-state index is 12.1. The van der Waals surface area contributed by atoms with Crippen molar-refractivity contribution in [3.63, 3.8) is 0 Å². The molecule has 0 saturated heterocycles. The second-order valence-corrected chi connectivity index (χ2v) is 6.99. The van der Waals surface area contributed by atoms with E-state index in [0.29, 0.717) is 12.1 Å². The SMILES string of the molecule is C#CCNS(=O)(=O)c1ccc(C(=O)NCc2cccc(C)c2)cc1. The highest BCUT2D eigenvalue weighted by atomic mass is 32.2. The van der Waals surface area contributed by atoms with Crippen molar-refractivity contribution < 1.29 is 13.2 Å². The molecule has 2 aromatic rings. The summed E-state index contributed by atoms with van der Waals surface area (Å²) in [4.78, 5) is 12.2. The molecule has 0 radical (unpaired) electrons. The third-order valence-electron chi connectivity index (χ3n) is 3.33. The highest BCUT2D eigenvalue weighted by Gasteiger charge is 2.14. The molecule has 2 aromatic carbocycles. The molecule has 1 amide bonds. The molecule has 6 heteroatoms. The number of carbonyl (C=O) groups is 1. The number of sulfonamides is 1. The van der Waals surface area contributed by atoms with E-state index in [1.165, 1.54) is 24.3 Å². The minimum Gasteiger partial charge on any atom is -0.348 e. The summed E-state index contributed by atoms with van der Waals surface area (Å²) >= 11 is 0. The summed E-state index contributed by atoms with van der Waals surface area (Å²) in [5.74, 6) is 1.94. The quantitative estimate of drug-likeness (QED) is 0.787. The fourth-order valence-corrected chi connectivity index (χ4v) is 3.05. The van der Waals surface area contributed by atoms with Crippen molar-refractivity contribution in [2.75, 3.05) is 6.54 Å². The lowest BCUT2D eigenvalue weighted by molar-refractivity contribution is 0.0951. The van der Waals surface area contributed by atoms with E-state index in [9.17, 15) is 13.2 Å². The Hall–Kier alpha value is -2.62. The monoisotopic (exact) mass is 342 g/mol. The fraction of sp³-hybridized carbons (Fsp3) is 0.167. The normalized spacial score (nSPS) is 10.8. The van der Waals surface area contributed by atoms with E-state index in [-0.39, 0.29) is 17.3 Å². The predicted octanol–water partition coefficient (Wildman–Crippen LogP) is 1.84. The number of benzene rings is 2. The molecule has 24 heavy (non-hydrogen) atoms. The molecule has 5 nitrogen and oxygen atoms in total. The topological polar surface area (TPSA) is 75.3 Å². The van der Waals surface area contributed by atoms with Gasteiger partial charge < -0.3 is 5.32 Å². The fourth-order valence-electron chi connectivity index (χ4n) is 2.11. The van der Waals surface area contributed by atoms with Crippen LogP contribution in [0.4, 0.5) is 0 Å². The molecule has 0 aliphatic rings. The molecule has 0 fully saturated rings. The number of aryl methyl sites for hydroxylation is 1. The van der Waals surface area contributed by atoms with Gasteiger partial charge in [-0.3, -0.25) is 4.79 Å². The van der Waals surface area contributed by atoms with E-state index in [1.54, 1.807) is 0 Å². The van der Waals surface area contributed by atoms with E-state index in [0.717, 1.165) is 11.1 Å². The van der Waals surface area contributed by atoms with E-state index in [2.05, 4.69) is 16.0 Å². The molecule has 2 rings (SSSR count). The van der Waals surface area contributed by atoms with Gasteiger partial charge in [-0.1, -0.05) is 35.7 Å². The van der Waals surface area contributed by atoms with Crippen LogP contribution in [-0.2, 0) is 16.6 Å². The van der Waals surface area contributed by atoms with Gasteiger partial charge in [0.25, 0.3) is 5.91 Å². The largest absolute Gasteiger partial charge is 0.348 e. The maximum Gasteiger partial charge on any atom is 0.251 e. The second-order valence-electron chi connectivity index (χ2n) is 5.22. The minimum absolute atomic E-state index is 0.0629. The summed E-state index contributed by atoms with van der Waals surface area (Å²) in [5.41, 5.74) is 2.51. The van der Waals surface area contributed by atoms with Crippen molar-refractivity contribution >= 4 is 15.9 Å². The lowest BCUT2D eigenvalue weighted by Crippen LogP contribution is -2.25. The highest BCUT2D eigenvalue weighted by Crippen LogP contribution is 2.11. The van der Waals surface area contributed by atoms with Crippen LogP contribution in [0, 0.1) is 19.3 Å². The van der Waals surface area contributed by atoms with Crippen LogP contribution in [0.25, 0.3) is 0 Å². The van der Waals surface area contributed by atoms with Crippen LogP contribution < -0.4 is 10.0 Å². The maximum atomic E-state index is 12.1. The molecule has 0 atom stereocenters. The average molecular weight is 342 g/mol. The standard InChI is InChI=1S/C18H18N2O3S/c1-3-11-20-24(22,23)17-9-7-16(8-10-17)18(21)19-13-15-6-4-5-14(2)12-15/h1,4-10,12,20H,11,13H2,2H3,(H,19,21). The Morgan fingerprint density at radius 2 is 1.88 bits per heavy atom. The lowest BCUT2D eigenvalue weighted by atomic mass is 10.1. The molecule has 0 bridgehead atoms. The number of amides is 1. The van der Waals surface area contributed by atoms with E-state index < -0.39 is 10.0 Å². The Morgan fingerprint density at radius 3 is 2.50 bits per heavy atom. The Morgan fingerprint density at radius 1 is 1.17 bits per heavy atom. The van der Waals surface area contributed by atoms with Crippen molar-refractivity contribution in [1.82, 2.24) is 10.0 Å². The Kier molecular flexibility index (Phi) is 5.74. The highest BCUT2D eigenvalue weighted by molar-refractivity contribution is 7.89. The van der Waals surface area contributed by atoms with Crippen LogP contribution >= 0.6 is 0 Å². The molecule has 0 aliphatic heterocycles. The molecular weight excluding hydrogens is 324 g/mol. The third-order valence-corrected chi connectivity index (χ3v) is 4.74. The van der Waals surface area contributed by atoms with Gasteiger partial charge >= 0.3 is 0 Å². The number of carbonyl (C=O) groups excluding carboxylic acids is 1. The van der Waals surface area contributed by atoms with Gasteiger partial charge in [0, 0.05) is 12.1 Å². The van der Waals surface area contributed by atoms with Crippen LogP contribution in [0.2, 0.25) is 0 Å². The van der Waals surface area contributed by atoms with Gasteiger partial charge in [0.2, 0.25) is 10.0 Å². The van der Waals surface area contributed by atoms with Crippen LogP contribution in [0.1, 0.15) is 21.5 Å². The van der Waals surface area contributed by atoms with Gasteiger partial charge in [-0.25, -0.2) is 8.42 Å². The zero-order valence-electron chi connectivity index (χ0n) is 13.2. The Bertz CT molecular complexity index is 866. The lowest BCUT2D eigenvalue weighted by Gasteiger charge is -2.08. The van der Waals surface area contributed by atoms with Crippen LogP contribution in [0.15, 0.2) is 53.4 Å². The molecule has 0 spiro atoms. The molecule has 0 saturated carbocycles. The Balaban J connectivity index is 2.02. The summed E-state index contributed by atoms with van der Waals surface area (Å²) in [6.07, 6.45) is 5.04. The van der Waals surface area contributed by atoms with Gasteiger partial charge in [0.1, 0.15) is 0 Å². The number of nitrogens with one attached hydrogen (secondary N) is 2. The minimum atomic E-state index is -3.65. The average Bonchev–Trinajstić information content (AvgIpc) is 2.58. The summed E-state index contributed by atoms with van der Waals surface area (Å²) in [6.45, 7) is 2.31. The zero-order valence-corrected chi connectivity index (χ0v) is 14.1. The second kappa shape index (κ2) is 7.77. The van der Waals surface area contributed by atoms with Gasteiger partial charge in [0.05, 0.1) is 11.4 Å². The molecular formula is C18H18N2O3S. The first kappa shape index (κ1) is 17.7. The number of terminal acetylenes is 1. The van der Waals surface area contributed by atoms with E-state index in [4.69, 9.17) is 6.42 Å². The Labute approximate surface area is 142 Å². The van der Waals surface area contributed by atoms with Crippen LogP contribution in [0.3, 0.4) is 0 Å². The number of hydrogen-bond acceptors (Lipinski definition) is 3. The summed E-state index contributed by atoms with van der Waals surface area (Å²) in [5, 5.41) is 2.80. The van der Waals surface area contributed by atoms with Crippen molar-refractivity contribution in [3.05, 3.63) is 65.2 Å². The molecule has 124 valence electrons. The van der Waals surface area contributed by atoms with Gasteiger partial charge in [-0.2, -0.15) is 4.72 Å². The zero-order chi connectivity index (χ0) is 17.6. The summed E-state index contributed by atoms with van der Waals surface area (Å²) < 4.78 is 26.1. The predicted molar refractivity (Wildman–Crippen MR) is 92.8 cm³/mol. The van der Waals surface area contributed by atoms with E-state index >= 15 is 0 Å². The molecule has 0 heterocycles. The number of rotatable bonds is 6. The van der Waals surface area contributed by atoms with Gasteiger partial charge in [0.15, 0.2) is 0 Å².